The van der Waals surface area contributed by atoms with Crippen molar-refractivity contribution in [3.8, 4) is 0 Å². The number of hydrogen-bond donors (Lipinski definition) is 0. The summed E-state index contributed by atoms with van der Waals surface area (Å²) in [6.45, 7) is 1.61. The molecule has 0 amide bonds. The van der Waals surface area contributed by atoms with Gasteiger partial charge in [-0.2, -0.15) is 5.10 Å². The van der Waals surface area contributed by atoms with Crippen LogP contribution in [0.1, 0.15) is 31.6 Å². The number of carbonyl (C=O) groups excluding carboxylic acids is 1. The van der Waals surface area contributed by atoms with E-state index in [4.69, 9.17) is 0 Å². The summed E-state index contributed by atoms with van der Waals surface area (Å²) < 4.78 is 1.76. The SMILES string of the molecule is CC(=O)C1CCCc2ncnn21. The highest BCUT2D eigenvalue weighted by Crippen LogP contribution is 2.22. The Hall–Kier alpha value is -1.19. The first-order chi connectivity index (χ1) is 5.79. The van der Waals surface area contributed by atoms with E-state index < -0.39 is 0 Å². The van der Waals surface area contributed by atoms with E-state index in [1.807, 2.05) is 0 Å². The Balaban J connectivity index is 2.37. The Bertz CT molecular complexity index is 305. The zero-order chi connectivity index (χ0) is 8.55. The molecule has 1 unspecified atom stereocenters. The molecule has 4 nitrogen and oxygen atoms in total. The molecular formula is C8H11N3O. The average molecular weight is 165 g/mol. The Labute approximate surface area is 70.6 Å². The lowest BCUT2D eigenvalue weighted by molar-refractivity contribution is -0.120. The minimum atomic E-state index is -0.0590. The number of fused-ring (bicyclic) bond motifs is 1. The summed E-state index contributed by atoms with van der Waals surface area (Å²) in [7, 11) is 0. The standard InChI is InChI=1S/C8H11N3O/c1-6(12)7-3-2-4-8-9-5-10-11(7)8/h5,7H,2-4H2,1H3. The van der Waals surface area contributed by atoms with Gasteiger partial charge in [0.1, 0.15) is 18.2 Å². The van der Waals surface area contributed by atoms with E-state index in [2.05, 4.69) is 10.1 Å². The number of carbonyl (C=O) groups is 1. The van der Waals surface area contributed by atoms with Gasteiger partial charge in [0.05, 0.1) is 0 Å². The first kappa shape index (κ1) is 7.46. The molecule has 1 aliphatic heterocycles. The molecule has 2 heterocycles. The van der Waals surface area contributed by atoms with Gasteiger partial charge in [-0.25, -0.2) is 9.67 Å². The van der Waals surface area contributed by atoms with Gasteiger partial charge in [0.25, 0.3) is 0 Å². The summed E-state index contributed by atoms with van der Waals surface area (Å²) >= 11 is 0. The van der Waals surface area contributed by atoms with Gasteiger partial charge in [0.2, 0.25) is 0 Å². The maximum absolute atomic E-state index is 11.2. The zero-order valence-electron chi connectivity index (χ0n) is 7.03. The lowest BCUT2D eigenvalue weighted by Crippen LogP contribution is -2.24. The summed E-state index contributed by atoms with van der Waals surface area (Å²) in [5.41, 5.74) is 0. The highest BCUT2D eigenvalue weighted by atomic mass is 16.1. The lowest BCUT2D eigenvalue weighted by Gasteiger charge is -2.20. The Morgan fingerprint density at radius 1 is 1.75 bits per heavy atom. The van der Waals surface area contributed by atoms with E-state index in [1.165, 1.54) is 6.33 Å². The first-order valence-electron chi connectivity index (χ1n) is 4.18. The van der Waals surface area contributed by atoms with Crippen LogP contribution in [0.3, 0.4) is 0 Å². The van der Waals surface area contributed by atoms with Crippen molar-refractivity contribution < 1.29 is 4.79 Å². The molecule has 0 saturated carbocycles. The van der Waals surface area contributed by atoms with Gasteiger partial charge in [-0.15, -0.1) is 0 Å². The third-order valence-electron chi connectivity index (χ3n) is 2.29. The van der Waals surface area contributed by atoms with Crippen LogP contribution in [0.4, 0.5) is 0 Å². The number of ketones is 1. The number of aryl methyl sites for hydroxylation is 1. The number of Topliss-reactive ketones (excluding diaryl/α,β-unsaturated/α-hetero) is 1. The molecule has 0 aliphatic carbocycles. The van der Waals surface area contributed by atoms with Gasteiger partial charge in [0.15, 0.2) is 5.78 Å². The number of nitrogens with zero attached hydrogens (tertiary/aromatic N) is 3. The molecule has 64 valence electrons. The summed E-state index contributed by atoms with van der Waals surface area (Å²) in [5, 5.41) is 4.04. The van der Waals surface area contributed by atoms with Crippen LogP contribution in [-0.2, 0) is 11.2 Å². The van der Waals surface area contributed by atoms with Gasteiger partial charge in [0, 0.05) is 6.42 Å². The molecule has 0 saturated heterocycles. The Morgan fingerprint density at radius 2 is 2.58 bits per heavy atom. The second kappa shape index (κ2) is 2.69. The van der Waals surface area contributed by atoms with E-state index in [9.17, 15) is 4.79 Å². The summed E-state index contributed by atoms with van der Waals surface area (Å²) in [5.74, 6) is 1.13. The second-order valence-electron chi connectivity index (χ2n) is 3.14. The van der Waals surface area contributed by atoms with Crippen LogP contribution >= 0.6 is 0 Å². The van der Waals surface area contributed by atoms with E-state index >= 15 is 0 Å². The smallest absolute Gasteiger partial charge is 0.154 e. The fraction of sp³-hybridized carbons (Fsp3) is 0.625. The molecule has 12 heavy (non-hydrogen) atoms. The molecule has 0 spiro atoms. The van der Waals surface area contributed by atoms with Crippen LogP contribution in [-0.4, -0.2) is 20.5 Å². The molecule has 0 radical (unpaired) electrons. The van der Waals surface area contributed by atoms with E-state index in [0.717, 1.165) is 25.1 Å². The van der Waals surface area contributed by atoms with Crippen molar-refractivity contribution in [3.05, 3.63) is 12.2 Å². The molecule has 4 heteroatoms. The van der Waals surface area contributed by atoms with Crippen molar-refractivity contribution in [1.29, 1.82) is 0 Å². The molecule has 1 atom stereocenters. The number of aromatic nitrogens is 3. The summed E-state index contributed by atoms with van der Waals surface area (Å²) in [6.07, 6.45) is 4.43. The van der Waals surface area contributed by atoms with Crippen molar-refractivity contribution in [1.82, 2.24) is 14.8 Å². The van der Waals surface area contributed by atoms with Crippen LogP contribution in [0.15, 0.2) is 6.33 Å². The van der Waals surface area contributed by atoms with Crippen LogP contribution < -0.4 is 0 Å². The molecule has 0 aromatic carbocycles. The van der Waals surface area contributed by atoms with E-state index in [0.29, 0.717) is 0 Å². The third-order valence-corrected chi connectivity index (χ3v) is 2.29. The Morgan fingerprint density at radius 3 is 3.33 bits per heavy atom. The fourth-order valence-electron chi connectivity index (χ4n) is 1.66. The van der Waals surface area contributed by atoms with Gasteiger partial charge in [-0.3, -0.25) is 4.79 Å². The molecule has 1 aliphatic rings. The predicted octanol–water partition coefficient (Wildman–Crippen LogP) is 0.744. The largest absolute Gasteiger partial charge is 0.298 e. The Kier molecular flexibility index (Phi) is 1.67. The molecule has 0 N–H and O–H groups in total. The van der Waals surface area contributed by atoms with Crippen molar-refractivity contribution >= 4 is 5.78 Å². The topological polar surface area (TPSA) is 47.8 Å². The maximum Gasteiger partial charge on any atom is 0.154 e. The normalized spacial score (nSPS) is 21.9. The van der Waals surface area contributed by atoms with Crippen molar-refractivity contribution in [2.45, 2.75) is 32.2 Å². The predicted molar refractivity (Wildman–Crippen MR) is 42.7 cm³/mol. The van der Waals surface area contributed by atoms with Gasteiger partial charge in [-0.05, 0) is 19.8 Å². The molecule has 1 aromatic heterocycles. The first-order valence-corrected chi connectivity index (χ1v) is 4.18. The van der Waals surface area contributed by atoms with E-state index in [1.54, 1.807) is 11.6 Å². The van der Waals surface area contributed by atoms with Crippen molar-refractivity contribution in [2.75, 3.05) is 0 Å². The van der Waals surface area contributed by atoms with Gasteiger partial charge < -0.3 is 0 Å². The number of rotatable bonds is 1. The minimum Gasteiger partial charge on any atom is -0.298 e. The van der Waals surface area contributed by atoms with Crippen molar-refractivity contribution in [2.24, 2.45) is 0 Å². The zero-order valence-corrected chi connectivity index (χ0v) is 7.03. The summed E-state index contributed by atoms with van der Waals surface area (Å²) in [6, 6.07) is -0.0590. The molecular weight excluding hydrogens is 154 g/mol. The van der Waals surface area contributed by atoms with Gasteiger partial charge >= 0.3 is 0 Å². The van der Waals surface area contributed by atoms with Crippen LogP contribution in [0.2, 0.25) is 0 Å². The van der Waals surface area contributed by atoms with Crippen LogP contribution in [0, 0.1) is 0 Å². The highest BCUT2D eigenvalue weighted by Gasteiger charge is 2.24. The monoisotopic (exact) mass is 165 g/mol. The quantitative estimate of drug-likeness (QED) is 0.616. The van der Waals surface area contributed by atoms with E-state index in [-0.39, 0.29) is 11.8 Å². The van der Waals surface area contributed by atoms with Gasteiger partial charge in [-0.1, -0.05) is 0 Å². The third kappa shape index (κ3) is 1.03. The van der Waals surface area contributed by atoms with Crippen molar-refractivity contribution in [3.63, 3.8) is 0 Å². The second-order valence-corrected chi connectivity index (χ2v) is 3.14. The number of hydrogen-bond acceptors (Lipinski definition) is 3. The van der Waals surface area contributed by atoms with Crippen LogP contribution in [0.5, 0.6) is 0 Å². The maximum atomic E-state index is 11.2. The van der Waals surface area contributed by atoms with Crippen LogP contribution in [0.25, 0.3) is 0 Å². The molecule has 0 fully saturated rings. The highest BCUT2D eigenvalue weighted by molar-refractivity contribution is 5.79. The molecule has 2 rings (SSSR count). The summed E-state index contributed by atoms with van der Waals surface area (Å²) in [4.78, 5) is 15.3. The molecule has 1 aromatic rings. The average Bonchev–Trinajstić information content (AvgIpc) is 2.49. The minimum absolute atomic E-state index is 0.0590. The lowest BCUT2D eigenvalue weighted by atomic mass is 10.0. The fourth-order valence-corrected chi connectivity index (χ4v) is 1.66. The molecule has 0 bridgehead atoms.